The highest BCUT2D eigenvalue weighted by Gasteiger charge is 2.51. The Labute approximate surface area is 111 Å². The van der Waals surface area contributed by atoms with E-state index < -0.39 is 18.3 Å². The van der Waals surface area contributed by atoms with Gasteiger partial charge in [-0.25, -0.2) is 0 Å². The zero-order chi connectivity index (χ0) is 14.0. The minimum Gasteiger partial charge on any atom is -0.396 e. The Morgan fingerprint density at radius 1 is 1.32 bits per heavy atom. The highest BCUT2D eigenvalue weighted by atomic mass is 19.4. The average Bonchev–Trinajstić information content (AvgIpc) is 2.83. The summed E-state index contributed by atoms with van der Waals surface area (Å²) in [4.78, 5) is 1.50. The van der Waals surface area contributed by atoms with Crippen LogP contribution >= 0.6 is 0 Å². The highest BCUT2D eigenvalue weighted by molar-refractivity contribution is 4.93. The zero-order valence-electron chi connectivity index (χ0n) is 11.2. The van der Waals surface area contributed by atoms with E-state index in [-0.39, 0.29) is 18.6 Å². The summed E-state index contributed by atoms with van der Waals surface area (Å²) in [7, 11) is 0. The maximum absolute atomic E-state index is 13.4. The first kappa shape index (κ1) is 15.1. The van der Waals surface area contributed by atoms with Gasteiger partial charge in [0.05, 0.1) is 6.10 Å². The van der Waals surface area contributed by atoms with Crippen LogP contribution in [0.25, 0.3) is 0 Å². The molecule has 6 heteroatoms. The number of ether oxygens (including phenoxy) is 1. The fourth-order valence-corrected chi connectivity index (χ4v) is 3.21. The van der Waals surface area contributed by atoms with E-state index in [1.54, 1.807) is 0 Å². The molecule has 2 aliphatic heterocycles. The quantitative estimate of drug-likeness (QED) is 0.860. The van der Waals surface area contributed by atoms with Crippen LogP contribution < -0.4 is 0 Å². The summed E-state index contributed by atoms with van der Waals surface area (Å²) in [6.07, 6.45) is -2.37. The van der Waals surface area contributed by atoms with Gasteiger partial charge in [-0.3, -0.25) is 4.90 Å². The summed E-state index contributed by atoms with van der Waals surface area (Å²) in [5, 5.41) is 9.21. The molecule has 4 unspecified atom stereocenters. The molecule has 0 radical (unpaired) electrons. The molecule has 0 amide bonds. The second-order valence-electron chi connectivity index (χ2n) is 5.71. The van der Waals surface area contributed by atoms with E-state index in [4.69, 9.17) is 4.74 Å². The van der Waals surface area contributed by atoms with Gasteiger partial charge in [-0.1, -0.05) is 0 Å². The lowest BCUT2D eigenvalue weighted by molar-refractivity contribution is -0.220. The zero-order valence-corrected chi connectivity index (χ0v) is 11.2. The summed E-state index contributed by atoms with van der Waals surface area (Å²) in [6.45, 7) is 2.52. The maximum atomic E-state index is 13.4. The number of aliphatic hydroxyl groups excluding tert-OH is 1. The summed E-state index contributed by atoms with van der Waals surface area (Å²) in [5.41, 5.74) is 0. The van der Waals surface area contributed by atoms with Crippen LogP contribution in [0, 0.1) is 5.92 Å². The molecule has 19 heavy (non-hydrogen) atoms. The predicted molar refractivity (Wildman–Crippen MR) is 64.8 cm³/mol. The van der Waals surface area contributed by atoms with Gasteiger partial charge in [0, 0.05) is 25.8 Å². The van der Waals surface area contributed by atoms with Crippen LogP contribution in [0.4, 0.5) is 13.2 Å². The van der Waals surface area contributed by atoms with Crippen LogP contribution in [0.15, 0.2) is 0 Å². The molecule has 0 bridgehead atoms. The SMILES string of the molecule is CC1CCC(CO)CN1C(C1CCCO1)C(F)(F)F. The molecule has 0 spiro atoms. The molecule has 1 N–H and O–H groups in total. The number of hydrogen-bond donors (Lipinski definition) is 1. The number of halogens is 3. The summed E-state index contributed by atoms with van der Waals surface area (Å²) in [6, 6.07) is -1.64. The van der Waals surface area contributed by atoms with Crippen molar-refractivity contribution < 1.29 is 23.0 Å². The number of alkyl halides is 3. The number of hydrogen-bond acceptors (Lipinski definition) is 3. The van der Waals surface area contributed by atoms with Crippen molar-refractivity contribution >= 4 is 0 Å². The first-order valence-electron chi connectivity index (χ1n) is 6.98. The monoisotopic (exact) mass is 281 g/mol. The molecule has 4 atom stereocenters. The fourth-order valence-electron chi connectivity index (χ4n) is 3.21. The second kappa shape index (κ2) is 5.97. The van der Waals surface area contributed by atoms with Gasteiger partial charge in [0.2, 0.25) is 0 Å². The fraction of sp³-hybridized carbons (Fsp3) is 1.00. The van der Waals surface area contributed by atoms with Gasteiger partial charge >= 0.3 is 6.18 Å². The van der Waals surface area contributed by atoms with E-state index in [0.717, 1.165) is 6.42 Å². The standard InChI is InChI=1S/C13H22F3NO2/c1-9-4-5-10(8-18)7-17(9)12(13(14,15)16)11-3-2-6-19-11/h9-12,18H,2-8H2,1H3. The Morgan fingerprint density at radius 2 is 2.05 bits per heavy atom. The van der Waals surface area contributed by atoms with Crippen molar-refractivity contribution in [2.24, 2.45) is 5.92 Å². The second-order valence-corrected chi connectivity index (χ2v) is 5.71. The Kier molecular flexibility index (Phi) is 4.74. The van der Waals surface area contributed by atoms with Crippen molar-refractivity contribution in [3.05, 3.63) is 0 Å². The van der Waals surface area contributed by atoms with Crippen molar-refractivity contribution in [3.63, 3.8) is 0 Å². The minimum atomic E-state index is -4.28. The Hall–Kier alpha value is -0.330. The highest BCUT2D eigenvalue weighted by Crippen LogP contribution is 2.36. The third-order valence-electron chi connectivity index (χ3n) is 4.30. The molecule has 3 nitrogen and oxygen atoms in total. The first-order chi connectivity index (χ1) is 8.93. The van der Waals surface area contributed by atoms with Gasteiger partial charge in [-0.2, -0.15) is 13.2 Å². The Morgan fingerprint density at radius 3 is 2.58 bits per heavy atom. The normalized spacial score (nSPS) is 35.5. The van der Waals surface area contributed by atoms with Crippen molar-refractivity contribution in [1.82, 2.24) is 4.90 Å². The molecule has 0 aromatic carbocycles. The molecule has 0 aliphatic carbocycles. The average molecular weight is 281 g/mol. The number of aliphatic hydroxyl groups is 1. The number of nitrogens with zero attached hydrogens (tertiary/aromatic N) is 1. The Bertz CT molecular complexity index is 292. The molecule has 2 saturated heterocycles. The van der Waals surface area contributed by atoms with E-state index in [9.17, 15) is 18.3 Å². The van der Waals surface area contributed by atoms with Gasteiger partial charge in [0.15, 0.2) is 0 Å². The van der Waals surface area contributed by atoms with E-state index in [1.807, 2.05) is 6.92 Å². The molecule has 0 aromatic rings. The van der Waals surface area contributed by atoms with Crippen LogP contribution in [0.3, 0.4) is 0 Å². The van der Waals surface area contributed by atoms with Gasteiger partial charge in [-0.15, -0.1) is 0 Å². The third-order valence-corrected chi connectivity index (χ3v) is 4.30. The van der Waals surface area contributed by atoms with Crippen LogP contribution in [-0.4, -0.2) is 54.1 Å². The Balaban J connectivity index is 2.16. The summed E-state index contributed by atoms with van der Waals surface area (Å²) < 4.78 is 45.4. The lowest BCUT2D eigenvalue weighted by Gasteiger charge is -2.44. The first-order valence-corrected chi connectivity index (χ1v) is 6.98. The lowest BCUT2D eigenvalue weighted by Crippen LogP contribution is -2.58. The molecule has 2 fully saturated rings. The van der Waals surface area contributed by atoms with Gasteiger partial charge < -0.3 is 9.84 Å². The van der Waals surface area contributed by atoms with Crippen LogP contribution in [0.5, 0.6) is 0 Å². The van der Waals surface area contributed by atoms with Crippen LogP contribution in [-0.2, 0) is 4.74 Å². The number of rotatable bonds is 3. The van der Waals surface area contributed by atoms with Crippen molar-refractivity contribution in [2.45, 2.75) is 57.0 Å². The van der Waals surface area contributed by atoms with Crippen molar-refractivity contribution in [2.75, 3.05) is 19.8 Å². The molecule has 2 aliphatic rings. The van der Waals surface area contributed by atoms with Gasteiger partial charge in [0.1, 0.15) is 6.04 Å². The largest absolute Gasteiger partial charge is 0.406 e. The van der Waals surface area contributed by atoms with E-state index in [0.29, 0.717) is 32.4 Å². The summed E-state index contributed by atoms with van der Waals surface area (Å²) in [5.74, 6) is -0.0533. The number of piperidine rings is 1. The summed E-state index contributed by atoms with van der Waals surface area (Å²) >= 11 is 0. The van der Waals surface area contributed by atoms with E-state index in [1.165, 1.54) is 4.90 Å². The molecular formula is C13H22F3NO2. The van der Waals surface area contributed by atoms with Crippen molar-refractivity contribution in [1.29, 1.82) is 0 Å². The van der Waals surface area contributed by atoms with Crippen molar-refractivity contribution in [3.8, 4) is 0 Å². The van der Waals surface area contributed by atoms with Gasteiger partial charge in [-0.05, 0) is 38.5 Å². The van der Waals surface area contributed by atoms with Crippen LogP contribution in [0.1, 0.15) is 32.6 Å². The van der Waals surface area contributed by atoms with Gasteiger partial charge in [0.25, 0.3) is 0 Å². The minimum absolute atomic E-state index is 0.0423. The predicted octanol–water partition coefficient (Wildman–Crippen LogP) is 2.19. The number of likely N-dealkylation sites (tertiary alicyclic amines) is 1. The topological polar surface area (TPSA) is 32.7 Å². The molecule has 2 rings (SSSR count). The molecule has 2 heterocycles. The maximum Gasteiger partial charge on any atom is 0.406 e. The molecule has 0 aromatic heterocycles. The lowest BCUT2D eigenvalue weighted by atomic mass is 9.91. The molecule has 0 saturated carbocycles. The van der Waals surface area contributed by atoms with E-state index >= 15 is 0 Å². The molecule has 112 valence electrons. The smallest absolute Gasteiger partial charge is 0.396 e. The van der Waals surface area contributed by atoms with E-state index in [2.05, 4.69) is 0 Å². The molecular weight excluding hydrogens is 259 g/mol. The van der Waals surface area contributed by atoms with Crippen LogP contribution in [0.2, 0.25) is 0 Å². The third kappa shape index (κ3) is 3.41.